The molecule has 0 spiro atoms. The molecule has 0 saturated heterocycles. The number of H-pyrrole nitrogens is 1. The molecule has 2 aromatic carbocycles. The molecular formula is C20H18F3N5O4. The number of anilines is 2. The number of aromatic nitrogens is 2. The SMILES string of the molecule is COc1ccccc1-c1cc(NC(=O)CCNc2ccc(C(F)(F)F)cc2[N+](=O)[O-])n[nH]1. The first kappa shape index (κ1) is 22.6. The number of rotatable bonds is 8. The number of ether oxygens (including phenoxy) is 1. The van der Waals surface area contributed by atoms with Crippen LogP contribution in [0, 0.1) is 10.1 Å². The summed E-state index contributed by atoms with van der Waals surface area (Å²) < 4.78 is 43.6. The Hall–Kier alpha value is -4.09. The third-order valence-corrected chi connectivity index (χ3v) is 4.43. The molecule has 0 radical (unpaired) electrons. The van der Waals surface area contributed by atoms with E-state index in [-0.39, 0.29) is 24.5 Å². The van der Waals surface area contributed by atoms with Crippen molar-refractivity contribution < 1.29 is 27.6 Å². The number of hydrogen-bond donors (Lipinski definition) is 3. The maximum Gasteiger partial charge on any atom is 0.416 e. The number of carbonyl (C=O) groups excluding carboxylic acids is 1. The molecule has 32 heavy (non-hydrogen) atoms. The minimum Gasteiger partial charge on any atom is -0.496 e. The summed E-state index contributed by atoms with van der Waals surface area (Å²) in [6.07, 6.45) is -4.80. The highest BCUT2D eigenvalue weighted by atomic mass is 19.4. The van der Waals surface area contributed by atoms with Crippen molar-refractivity contribution in [3.05, 3.63) is 64.2 Å². The van der Waals surface area contributed by atoms with Crippen molar-refractivity contribution in [3.63, 3.8) is 0 Å². The van der Waals surface area contributed by atoms with Gasteiger partial charge in [0.15, 0.2) is 5.82 Å². The van der Waals surface area contributed by atoms with Crippen LogP contribution in [0.25, 0.3) is 11.3 Å². The molecule has 1 aromatic heterocycles. The Kier molecular flexibility index (Phi) is 6.61. The fourth-order valence-corrected chi connectivity index (χ4v) is 2.92. The van der Waals surface area contributed by atoms with Crippen LogP contribution in [0.3, 0.4) is 0 Å². The quantitative estimate of drug-likeness (QED) is 0.345. The van der Waals surface area contributed by atoms with Crippen LogP contribution in [0.4, 0.5) is 30.4 Å². The number of para-hydroxylation sites is 1. The van der Waals surface area contributed by atoms with E-state index >= 15 is 0 Å². The van der Waals surface area contributed by atoms with Gasteiger partial charge in [-0.3, -0.25) is 20.0 Å². The normalized spacial score (nSPS) is 11.1. The molecule has 168 valence electrons. The maximum absolute atomic E-state index is 12.8. The monoisotopic (exact) mass is 449 g/mol. The number of benzene rings is 2. The minimum atomic E-state index is -4.70. The summed E-state index contributed by atoms with van der Waals surface area (Å²) in [5.74, 6) is 0.443. The smallest absolute Gasteiger partial charge is 0.416 e. The summed E-state index contributed by atoms with van der Waals surface area (Å²) >= 11 is 0. The number of carbonyl (C=O) groups is 1. The van der Waals surface area contributed by atoms with Crippen LogP contribution in [0.5, 0.6) is 5.75 Å². The Morgan fingerprint density at radius 1 is 1.22 bits per heavy atom. The maximum atomic E-state index is 12.8. The van der Waals surface area contributed by atoms with Crippen LogP contribution in [-0.4, -0.2) is 34.7 Å². The number of alkyl halides is 3. The van der Waals surface area contributed by atoms with E-state index in [9.17, 15) is 28.1 Å². The Morgan fingerprint density at radius 3 is 2.66 bits per heavy atom. The van der Waals surface area contributed by atoms with Crippen LogP contribution >= 0.6 is 0 Å². The molecule has 0 bridgehead atoms. The zero-order valence-corrected chi connectivity index (χ0v) is 16.7. The number of nitro benzene ring substituents is 1. The molecule has 1 heterocycles. The van der Waals surface area contributed by atoms with Crippen molar-refractivity contribution in [3.8, 4) is 17.0 Å². The molecule has 0 saturated carbocycles. The van der Waals surface area contributed by atoms with Crippen LogP contribution < -0.4 is 15.4 Å². The number of methoxy groups -OCH3 is 1. The largest absolute Gasteiger partial charge is 0.496 e. The highest BCUT2D eigenvalue weighted by Gasteiger charge is 2.33. The minimum absolute atomic E-state index is 0.0399. The predicted molar refractivity (Wildman–Crippen MR) is 110 cm³/mol. The number of hydrogen-bond acceptors (Lipinski definition) is 6. The van der Waals surface area contributed by atoms with E-state index in [0.717, 1.165) is 17.7 Å². The number of nitro groups is 1. The van der Waals surface area contributed by atoms with E-state index in [1.807, 2.05) is 18.2 Å². The number of aromatic amines is 1. The van der Waals surface area contributed by atoms with Crippen LogP contribution in [0.1, 0.15) is 12.0 Å². The molecule has 1 amide bonds. The third-order valence-electron chi connectivity index (χ3n) is 4.43. The first-order chi connectivity index (χ1) is 15.2. The third kappa shape index (κ3) is 5.33. The summed E-state index contributed by atoms with van der Waals surface area (Å²) in [6, 6.07) is 11.0. The molecule has 0 aliphatic heterocycles. The van der Waals surface area contributed by atoms with E-state index in [1.165, 1.54) is 7.11 Å². The highest BCUT2D eigenvalue weighted by molar-refractivity contribution is 5.90. The Morgan fingerprint density at radius 2 is 1.97 bits per heavy atom. The Bertz CT molecular complexity index is 1130. The molecule has 0 aliphatic rings. The average Bonchev–Trinajstić information content (AvgIpc) is 3.21. The molecule has 3 rings (SSSR count). The van der Waals surface area contributed by atoms with Crippen LogP contribution in [-0.2, 0) is 11.0 Å². The number of nitrogens with zero attached hydrogens (tertiary/aromatic N) is 2. The van der Waals surface area contributed by atoms with Crippen molar-refractivity contribution in [2.24, 2.45) is 0 Å². The Balaban J connectivity index is 1.59. The van der Waals surface area contributed by atoms with Gasteiger partial charge < -0.3 is 15.4 Å². The molecule has 9 nitrogen and oxygen atoms in total. The van der Waals surface area contributed by atoms with Gasteiger partial charge in [-0.15, -0.1) is 0 Å². The van der Waals surface area contributed by atoms with Crippen molar-refractivity contribution in [2.75, 3.05) is 24.3 Å². The van der Waals surface area contributed by atoms with Crippen LogP contribution in [0.15, 0.2) is 48.5 Å². The lowest BCUT2D eigenvalue weighted by atomic mass is 10.1. The Labute approximate surface area is 179 Å². The lowest BCUT2D eigenvalue weighted by Gasteiger charge is -2.10. The van der Waals surface area contributed by atoms with Gasteiger partial charge in [-0.2, -0.15) is 18.3 Å². The zero-order chi connectivity index (χ0) is 23.3. The van der Waals surface area contributed by atoms with E-state index < -0.39 is 28.3 Å². The van der Waals surface area contributed by atoms with Gasteiger partial charge in [-0.1, -0.05) is 12.1 Å². The number of halogens is 3. The van der Waals surface area contributed by atoms with Crippen molar-refractivity contribution in [2.45, 2.75) is 12.6 Å². The molecular weight excluding hydrogens is 431 g/mol. The fourth-order valence-electron chi connectivity index (χ4n) is 2.92. The van der Waals surface area contributed by atoms with E-state index in [2.05, 4.69) is 20.8 Å². The second-order valence-corrected chi connectivity index (χ2v) is 6.58. The molecule has 0 unspecified atom stereocenters. The topological polar surface area (TPSA) is 122 Å². The summed E-state index contributed by atoms with van der Waals surface area (Å²) in [6.45, 7) is -0.0399. The summed E-state index contributed by atoms with van der Waals surface area (Å²) in [5.41, 5.74) is -0.601. The van der Waals surface area contributed by atoms with Crippen molar-refractivity contribution in [1.29, 1.82) is 0 Å². The molecule has 12 heteroatoms. The average molecular weight is 449 g/mol. The zero-order valence-electron chi connectivity index (χ0n) is 16.7. The van der Waals surface area contributed by atoms with Gasteiger partial charge in [0.25, 0.3) is 5.69 Å². The summed E-state index contributed by atoms with van der Waals surface area (Å²) in [5, 5.41) is 23.1. The standard InChI is InChI=1S/C20H18F3N5O4/c1-32-17-5-3-2-4-13(17)15-11-18(27-26-15)25-19(29)8-9-24-14-7-6-12(20(21,22)23)10-16(14)28(30)31/h2-7,10-11,24H,8-9H2,1H3,(H2,25,26,27,29). The first-order valence-electron chi connectivity index (χ1n) is 9.27. The molecule has 3 N–H and O–H groups in total. The summed E-state index contributed by atoms with van der Waals surface area (Å²) in [7, 11) is 1.53. The van der Waals surface area contributed by atoms with Gasteiger partial charge in [0.05, 0.1) is 23.3 Å². The predicted octanol–water partition coefficient (Wildman–Crippen LogP) is 4.45. The van der Waals surface area contributed by atoms with Gasteiger partial charge in [0, 0.05) is 30.7 Å². The highest BCUT2D eigenvalue weighted by Crippen LogP contribution is 2.35. The van der Waals surface area contributed by atoms with Crippen LogP contribution in [0.2, 0.25) is 0 Å². The number of nitrogens with one attached hydrogen (secondary N) is 3. The second kappa shape index (κ2) is 9.37. The molecule has 0 atom stereocenters. The second-order valence-electron chi connectivity index (χ2n) is 6.58. The van der Waals surface area contributed by atoms with Gasteiger partial charge in [0.2, 0.25) is 5.91 Å². The lowest BCUT2D eigenvalue weighted by molar-refractivity contribution is -0.384. The van der Waals surface area contributed by atoms with Gasteiger partial charge in [-0.05, 0) is 24.3 Å². The van der Waals surface area contributed by atoms with E-state index in [0.29, 0.717) is 17.5 Å². The van der Waals surface area contributed by atoms with Crippen molar-refractivity contribution >= 4 is 23.1 Å². The number of amides is 1. The summed E-state index contributed by atoms with van der Waals surface area (Å²) in [4.78, 5) is 22.4. The van der Waals surface area contributed by atoms with Gasteiger partial charge in [-0.25, -0.2) is 0 Å². The lowest BCUT2D eigenvalue weighted by Crippen LogP contribution is -2.17. The molecule has 3 aromatic rings. The molecule has 0 aliphatic carbocycles. The fraction of sp³-hybridized carbons (Fsp3) is 0.200. The van der Waals surface area contributed by atoms with Crippen molar-refractivity contribution in [1.82, 2.24) is 10.2 Å². The first-order valence-corrected chi connectivity index (χ1v) is 9.27. The molecule has 0 fully saturated rings. The van der Waals surface area contributed by atoms with Gasteiger partial charge >= 0.3 is 6.18 Å². The van der Waals surface area contributed by atoms with Gasteiger partial charge in [0.1, 0.15) is 11.4 Å². The van der Waals surface area contributed by atoms with E-state index in [1.54, 1.807) is 12.1 Å². The van der Waals surface area contributed by atoms with E-state index in [4.69, 9.17) is 4.74 Å².